The van der Waals surface area contributed by atoms with Gasteiger partial charge in [0.1, 0.15) is 0 Å². The summed E-state index contributed by atoms with van der Waals surface area (Å²) in [7, 11) is 0. The van der Waals surface area contributed by atoms with Crippen molar-refractivity contribution < 1.29 is 0 Å². The van der Waals surface area contributed by atoms with Crippen molar-refractivity contribution >= 4 is 16.5 Å². The predicted octanol–water partition coefficient (Wildman–Crippen LogP) is 3.75. The van der Waals surface area contributed by atoms with E-state index >= 15 is 0 Å². The monoisotopic (exact) mass is 293 g/mol. The topological polar surface area (TPSA) is 28.2 Å². The number of aromatic nitrogens is 1. The maximum atomic E-state index is 5.01. The zero-order valence-electron chi connectivity index (χ0n) is 13.0. The molecule has 1 aromatic heterocycles. The van der Waals surface area contributed by atoms with Crippen LogP contribution in [0.2, 0.25) is 0 Å². The van der Waals surface area contributed by atoms with Gasteiger partial charge >= 0.3 is 0 Å². The van der Waals surface area contributed by atoms with E-state index in [1.807, 2.05) is 11.3 Å². The van der Waals surface area contributed by atoms with E-state index in [-0.39, 0.29) is 0 Å². The molecule has 0 aliphatic heterocycles. The molecule has 0 atom stereocenters. The molecule has 2 saturated carbocycles. The van der Waals surface area contributed by atoms with Crippen LogP contribution >= 0.6 is 11.3 Å². The summed E-state index contributed by atoms with van der Waals surface area (Å²) in [5, 5.41) is 4.75. The number of nitrogens with one attached hydrogen (secondary N) is 1. The summed E-state index contributed by atoms with van der Waals surface area (Å²) in [4.78, 5) is 9.07. The van der Waals surface area contributed by atoms with E-state index < -0.39 is 0 Å². The lowest BCUT2D eigenvalue weighted by molar-refractivity contribution is 0.703. The van der Waals surface area contributed by atoms with E-state index in [4.69, 9.17) is 4.98 Å². The van der Waals surface area contributed by atoms with Gasteiger partial charge in [-0.1, -0.05) is 20.8 Å². The van der Waals surface area contributed by atoms with Crippen molar-refractivity contribution in [1.29, 1.82) is 0 Å². The highest BCUT2D eigenvalue weighted by atomic mass is 32.1. The lowest BCUT2D eigenvalue weighted by Crippen LogP contribution is -2.27. The molecule has 2 aliphatic rings. The standard InChI is InChI=1S/C16H27N3S/c1-4-17-9-14-15(11(2)3)18-16(20-14)19(13-7-8-13)10-12-5-6-12/h11-13,17H,4-10H2,1-3H3. The van der Waals surface area contributed by atoms with Gasteiger partial charge in [-0.15, -0.1) is 11.3 Å². The van der Waals surface area contributed by atoms with Crippen molar-refractivity contribution in [3.8, 4) is 0 Å². The molecule has 2 fully saturated rings. The normalized spacial score (nSPS) is 18.8. The van der Waals surface area contributed by atoms with Crippen LogP contribution in [0.4, 0.5) is 5.13 Å². The molecule has 0 spiro atoms. The third-order valence-electron chi connectivity index (χ3n) is 4.18. The SMILES string of the molecule is CCNCc1sc(N(CC2CC2)C2CC2)nc1C(C)C. The minimum atomic E-state index is 0.524. The third kappa shape index (κ3) is 3.34. The third-order valence-corrected chi connectivity index (χ3v) is 5.29. The number of hydrogen-bond acceptors (Lipinski definition) is 4. The Morgan fingerprint density at radius 3 is 2.60 bits per heavy atom. The van der Waals surface area contributed by atoms with Crippen molar-refractivity contribution in [3.63, 3.8) is 0 Å². The zero-order chi connectivity index (χ0) is 14.1. The van der Waals surface area contributed by atoms with Crippen LogP contribution in [0.5, 0.6) is 0 Å². The molecular formula is C16H27N3S. The molecule has 20 heavy (non-hydrogen) atoms. The first-order valence-electron chi connectivity index (χ1n) is 8.16. The van der Waals surface area contributed by atoms with Gasteiger partial charge in [0.05, 0.1) is 5.69 Å². The van der Waals surface area contributed by atoms with Gasteiger partial charge in [-0.2, -0.15) is 0 Å². The Hall–Kier alpha value is -0.610. The first-order chi connectivity index (χ1) is 9.69. The lowest BCUT2D eigenvalue weighted by Gasteiger charge is -2.21. The van der Waals surface area contributed by atoms with Crippen LogP contribution in [0.15, 0.2) is 0 Å². The second-order valence-corrected chi connectivity index (χ2v) is 7.63. The summed E-state index contributed by atoms with van der Waals surface area (Å²) in [5.74, 6) is 1.47. The highest BCUT2D eigenvalue weighted by Gasteiger charge is 2.35. The Morgan fingerprint density at radius 2 is 2.05 bits per heavy atom. The summed E-state index contributed by atoms with van der Waals surface area (Å²) in [6.07, 6.45) is 5.59. The molecular weight excluding hydrogens is 266 g/mol. The van der Waals surface area contributed by atoms with Gasteiger partial charge < -0.3 is 10.2 Å². The highest BCUT2D eigenvalue weighted by molar-refractivity contribution is 7.15. The summed E-state index contributed by atoms with van der Waals surface area (Å²) in [6, 6.07) is 0.786. The number of nitrogens with zero attached hydrogens (tertiary/aromatic N) is 2. The Morgan fingerprint density at radius 1 is 1.30 bits per heavy atom. The fourth-order valence-electron chi connectivity index (χ4n) is 2.64. The molecule has 0 aromatic carbocycles. The molecule has 0 saturated heterocycles. The fourth-order valence-corrected chi connectivity index (χ4v) is 3.90. The molecule has 4 heteroatoms. The Balaban J connectivity index is 1.79. The molecule has 112 valence electrons. The molecule has 0 amide bonds. The van der Waals surface area contributed by atoms with Crippen molar-refractivity contribution in [1.82, 2.24) is 10.3 Å². The minimum absolute atomic E-state index is 0.524. The molecule has 2 aliphatic carbocycles. The predicted molar refractivity (Wildman–Crippen MR) is 86.7 cm³/mol. The van der Waals surface area contributed by atoms with E-state index in [1.54, 1.807) is 0 Å². The van der Waals surface area contributed by atoms with E-state index in [1.165, 1.54) is 47.9 Å². The van der Waals surface area contributed by atoms with E-state index in [9.17, 15) is 0 Å². The summed E-state index contributed by atoms with van der Waals surface area (Å²) in [5.41, 5.74) is 1.31. The average Bonchev–Trinajstić information content (AvgIpc) is 3.31. The van der Waals surface area contributed by atoms with E-state index in [2.05, 4.69) is 31.0 Å². The van der Waals surface area contributed by atoms with Crippen LogP contribution < -0.4 is 10.2 Å². The summed E-state index contributed by atoms with van der Waals surface area (Å²) >= 11 is 1.93. The van der Waals surface area contributed by atoms with Gasteiger partial charge in [0.25, 0.3) is 0 Å². The van der Waals surface area contributed by atoms with Crippen LogP contribution in [0.25, 0.3) is 0 Å². The van der Waals surface area contributed by atoms with E-state index in [0.717, 1.165) is 25.0 Å². The quantitative estimate of drug-likeness (QED) is 0.791. The van der Waals surface area contributed by atoms with Crippen molar-refractivity contribution in [2.24, 2.45) is 5.92 Å². The van der Waals surface area contributed by atoms with Crippen molar-refractivity contribution in [2.45, 2.75) is 65.0 Å². The molecule has 0 unspecified atom stereocenters. The first kappa shape index (κ1) is 14.3. The van der Waals surface area contributed by atoms with Crippen LogP contribution in [-0.4, -0.2) is 24.1 Å². The maximum absolute atomic E-state index is 5.01. The van der Waals surface area contributed by atoms with Gasteiger partial charge in [-0.25, -0.2) is 4.98 Å². The van der Waals surface area contributed by atoms with Gasteiger partial charge in [0.2, 0.25) is 0 Å². The molecule has 1 heterocycles. The van der Waals surface area contributed by atoms with Gasteiger partial charge in [0.15, 0.2) is 5.13 Å². The summed E-state index contributed by atoms with van der Waals surface area (Å²) in [6.45, 7) is 9.94. The van der Waals surface area contributed by atoms with E-state index in [0.29, 0.717) is 5.92 Å². The number of anilines is 1. The number of rotatable bonds is 8. The number of thiazole rings is 1. The summed E-state index contributed by atoms with van der Waals surface area (Å²) < 4.78 is 0. The maximum Gasteiger partial charge on any atom is 0.186 e. The smallest absolute Gasteiger partial charge is 0.186 e. The first-order valence-corrected chi connectivity index (χ1v) is 8.97. The Kier molecular flexibility index (Phi) is 4.32. The van der Waals surface area contributed by atoms with Crippen LogP contribution in [0.3, 0.4) is 0 Å². The highest BCUT2D eigenvalue weighted by Crippen LogP contribution is 2.40. The van der Waals surface area contributed by atoms with Gasteiger partial charge in [-0.05, 0) is 44.1 Å². The second-order valence-electron chi connectivity index (χ2n) is 6.57. The molecule has 0 radical (unpaired) electrons. The Bertz CT molecular complexity index is 447. The molecule has 3 rings (SSSR count). The largest absolute Gasteiger partial charge is 0.345 e. The van der Waals surface area contributed by atoms with Gasteiger partial charge in [-0.3, -0.25) is 0 Å². The van der Waals surface area contributed by atoms with Crippen molar-refractivity contribution in [2.75, 3.05) is 18.0 Å². The van der Waals surface area contributed by atoms with Crippen LogP contribution in [0, 0.1) is 5.92 Å². The average molecular weight is 293 g/mol. The van der Waals surface area contributed by atoms with Crippen LogP contribution in [0.1, 0.15) is 62.9 Å². The van der Waals surface area contributed by atoms with Crippen molar-refractivity contribution in [3.05, 3.63) is 10.6 Å². The fraction of sp³-hybridized carbons (Fsp3) is 0.812. The molecule has 0 bridgehead atoms. The lowest BCUT2D eigenvalue weighted by atomic mass is 10.1. The van der Waals surface area contributed by atoms with Gasteiger partial charge in [0, 0.05) is 24.0 Å². The molecule has 1 N–H and O–H groups in total. The molecule has 1 aromatic rings. The zero-order valence-corrected chi connectivity index (χ0v) is 13.8. The minimum Gasteiger partial charge on any atom is -0.345 e. The number of hydrogen-bond donors (Lipinski definition) is 1. The molecule has 3 nitrogen and oxygen atoms in total. The van der Waals surface area contributed by atoms with Crippen LogP contribution in [-0.2, 0) is 6.54 Å². The Labute approximate surface area is 126 Å². The second kappa shape index (κ2) is 6.02.